The number of nitrogens with zero attached hydrogens (tertiary/aromatic N) is 1. The molecule has 2 rings (SSSR count). The van der Waals surface area contributed by atoms with Crippen molar-refractivity contribution in [2.24, 2.45) is 0 Å². The van der Waals surface area contributed by atoms with Crippen molar-refractivity contribution in [3.8, 4) is 17.2 Å². The smallest absolute Gasteiger partial charge is 0.241 e. The molecule has 0 radical (unpaired) electrons. The van der Waals surface area contributed by atoms with Crippen molar-refractivity contribution in [3.05, 3.63) is 48.0 Å². The molecule has 31 heavy (non-hydrogen) atoms. The predicted octanol–water partition coefficient (Wildman–Crippen LogP) is 2.97. The van der Waals surface area contributed by atoms with Crippen molar-refractivity contribution in [2.75, 3.05) is 36.9 Å². The SMILES string of the molecule is CCOc1ccc(CNC(=O)CN(c2ccccc2OCC)S(C)(=O)=O)cc1OCC. The first kappa shape index (κ1) is 24.3. The molecule has 2 aromatic rings. The maximum absolute atomic E-state index is 12.6. The number of ether oxygens (including phenoxy) is 3. The van der Waals surface area contributed by atoms with Gasteiger partial charge < -0.3 is 19.5 Å². The lowest BCUT2D eigenvalue weighted by Crippen LogP contribution is -2.40. The number of amides is 1. The minimum atomic E-state index is -3.71. The molecule has 0 aliphatic carbocycles. The molecule has 170 valence electrons. The third-order valence-electron chi connectivity index (χ3n) is 4.22. The van der Waals surface area contributed by atoms with E-state index in [1.165, 1.54) is 0 Å². The summed E-state index contributed by atoms with van der Waals surface area (Å²) in [5.74, 6) is 1.19. The molecule has 0 heterocycles. The van der Waals surface area contributed by atoms with Crippen LogP contribution in [0.4, 0.5) is 5.69 Å². The zero-order chi connectivity index (χ0) is 22.9. The molecule has 0 aromatic heterocycles. The molecule has 1 N–H and O–H groups in total. The first-order valence-electron chi connectivity index (χ1n) is 10.1. The molecular formula is C22H30N2O6S. The van der Waals surface area contributed by atoms with E-state index in [1.807, 2.05) is 26.8 Å². The van der Waals surface area contributed by atoms with Crippen LogP contribution in [0.3, 0.4) is 0 Å². The first-order valence-corrected chi connectivity index (χ1v) is 12.0. The van der Waals surface area contributed by atoms with Gasteiger partial charge in [0.25, 0.3) is 0 Å². The number of anilines is 1. The summed E-state index contributed by atoms with van der Waals surface area (Å²) in [7, 11) is -3.71. The number of carbonyl (C=O) groups is 1. The molecule has 0 saturated carbocycles. The standard InChI is InChI=1S/C22H30N2O6S/c1-5-28-19-11-9-8-10-18(19)24(31(4,26)27)16-22(25)23-15-17-12-13-20(29-6-2)21(14-17)30-7-3/h8-14H,5-7,15-16H2,1-4H3,(H,23,25). The average molecular weight is 451 g/mol. The summed E-state index contributed by atoms with van der Waals surface area (Å²) in [4.78, 5) is 12.6. The van der Waals surface area contributed by atoms with Crippen LogP contribution in [0.2, 0.25) is 0 Å². The zero-order valence-corrected chi connectivity index (χ0v) is 19.2. The van der Waals surface area contributed by atoms with E-state index in [-0.39, 0.29) is 13.1 Å². The molecule has 9 heteroatoms. The Kier molecular flexibility index (Phi) is 8.99. The van der Waals surface area contributed by atoms with E-state index in [4.69, 9.17) is 14.2 Å². The summed E-state index contributed by atoms with van der Waals surface area (Å²) in [6, 6.07) is 12.1. The predicted molar refractivity (Wildman–Crippen MR) is 120 cm³/mol. The molecular weight excluding hydrogens is 420 g/mol. The molecule has 0 unspecified atom stereocenters. The van der Waals surface area contributed by atoms with Crippen molar-refractivity contribution in [1.82, 2.24) is 5.32 Å². The van der Waals surface area contributed by atoms with Crippen molar-refractivity contribution in [1.29, 1.82) is 0 Å². The quantitative estimate of drug-likeness (QED) is 0.534. The van der Waals surface area contributed by atoms with Gasteiger partial charge in [-0.15, -0.1) is 0 Å². The molecule has 0 aliphatic rings. The van der Waals surface area contributed by atoms with E-state index in [0.717, 1.165) is 16.1 Å². The van der Waals surface area contributed by atoms with Gasteiger partial charge in [0.15, 0.2) is 11.5 Å². The third kappa shape index (κ3) is 7.06. The van der Waals surface area contributed by atoms with Crippen molar-refractivity contribution in [3.63, 3.8) is 0 Å². The minimum absolute atomic E-state index is 0.218. The highest BCUT2D eigenvalue weighted by molar-refractivity contribution is 7.92. The zero-order valence-electron chi connectivity index (χ0n) is 18.4. The minimum Gasteiger partial charge on any atom is -0.492 e. The molecule has 0 spiro atoms. The third-order valence-corrected chi connectivity index (χ3v) is 5.35. The van der Waals surface area contributed by atoms with Crippen LogP contribution in [0.1, 0.15) is 26.3 Å². The molecule has 2 aromatic carbocycles. The number of carbonyl (C=O) groups excluding carboxylic acids is 1. The number of hydrogen-bond donors (Lipinski definition) is 1. The number of hydrogen-bond acceptors (Lipinski definition) is 6. The van der Waals surface area contributed by atoms with E-state index in [0.29, 0.717) is 42.8 Å². The summed E-state index contributed by atoms with van der Waals surface area (Å²) in [5.41, 5.74) is 1.13. The normalized spacial score (nSPS) is 11.0. The van der Waals surface area contributed by atoms with E-state index >= 15 is 0 Å². The van der Waals surface area contributed by atoms with Gasteiger partial charge in [0.2, 0.25) is 15.9 Å². The maximum Gasteiger partial charge on any atom is 0.241 e. The van der Waals surface area contributed by atoms with Gasteiger partial charge in [-0.25, -0.2) is 8.42 Å². The lowest BCUT2D eigenvalue weighted by atomic mass is 10.2. The van der Waals surface area contributed by atoms with E-state index in [2.05, 4.69) is 5.32 Å². The summed E-state index contributed by atoms with van der Waals surface area (Å²) >= 11 is 0. The van der Waals surface area contributed by atoms with Crippen LogP contribution in [0, 0.1) is 0 Å². The van der Waals surface area contributed by atoms with Crippen LogP contribution in [0.15, 0.2) is 42.5 Å². The van der Waals surface area contributed by atoms with Gasteiger partial charge in [0.1, 0.15) is 12.3 Å². The highest BCUT2D eigenvalue weighted by Gasteiger charge is 2.23. The molecule has 1 amide bonds. The summed E-state index contributed by atoms with van der Waals surface area (Å²) in [5, 5.41) is 2.76. The summed E-state index contributed by atoms with van der Waals surface area (Å²) in [6.45, 7) is 6.81. The van der Waals surface area contributed by atoms with Crippen LogP contribution >= 0.6 is 0 Å². The fraction of sp³-hybridized carbons (Fsp3) is 0.409. The van der Waals surface area contributed by atoms with Gasteiger partial charge in [0.05, 0.1) is 31.8 Å². The van der Waals surface area contributed by atoms with Gasteiger partial charge >= 0.3 is 0 Å². The van der Waals surface area contributed by atoms with Crippen molar-refractivity contribution >= 4 is 21.6 Å². The molecule has 0 atom stereocenters. The highest BCUT2D eigenvalue weighted by atomic mass is 32.2. The average Bonchev–Trinajstić information content (AvgIpc) is 2.72. The monoisotopic (exact) mass is 450 g/mol. The molecule has 0 saturated heterocycles. The fourth-order valence-corrected chi connectivity index (χ4v) is 3.77. The molecule has 0 bridgehead atoms. The number of rotatable bonds is 12. The topological polar surface area (TPSA) is 94.2 Å². The Bertz CT molecular complexity index is 978. The lowest BCUT2D eigenvalue weighted by molar-refractivity contribution is -0.119. The van der Waals surface area contributed by atoms with Crippen LogP contribution < -0.4 is 23.8 Å². The number of para-hydroxylation sites is 2. The Balaban J connectivity index is 2.13. The van der Waals surface area contributed by atoms with Crippen LogP contribution in [0.5, 0.6) is 17.2 Å². The first-order chi connectivity index (χ1) is 14.8. The van der Waals surface area contributed by atoms with Crippen LogP contribution in [-0.2, 0) is 21.4 Å². The fourth-order valence-electron chi connectivity index (χ4n) is 2.91. The summed E-state index contributed by atoms with van der Waals surface area (Å²) < 4.78 is 42.5. The largest absolute Gasteiger partial charge is 0.492 e. The highest BCUT2D eigenvalue weighted by Crippen LogP contribution is 2.30. The second kappa shape index (κ2) is 11.5. The molecule has 8 nitrogen and oxygen atoms in total. The number of benzene rings is 2. The molecule has 0 fully saturated rings. The van der Waals surface area contributed by atoms with Gasteiger partial charge in [-0.1, -0.05) is 18.2 Å². The van der Waals surface area contributed by atoms with Crippen LogP contribution in [-0.4, -0.2) is 46.9 Å². The van der Waals surface area contributed by atoms with Gasteiger partial charge in [0, 0.05) is 6.54 Å². The van der Waals surface area contributed by atoms with Crippen molar-refractivity contribution < 1.29 is 27.4 Å². The number of nitrogens with one attached hydrogen (secondary N) is 1. The van der Waals surface area contributed by atoms with Gasteiger partial charge in [-0.3, -0.25) is 9.10 Å². The summed E-state index contributed by atoms with van der Waals surface area (Å²) in [6.07, 6.45) is 1.06. The molecule has 0 aliphatic heterocycles. The second-order valence-electron chi connectivity index (χ2n) is 6.59. The van der Waals surface area contributed by atoms with E-state index in [9.17, 15) is 13.2 Å². The Morgan fingerprint density at radius 1 is 0.903 bits per heavy atom. The van der Waals surface area contributed by atoms with Crippen molar-refractivity contribution in [2.45, 2.75) is 27.3 Å². The Morgan fingerprint density at radius 3 is 2.16 bits per heavy atom. The van der Waals surface area contributed by atoms with Gasteiger partial charge in [-0.05, 0) is 50.6 Å². The Labute approximate surface area is 184 Å². The number of sulfonamides is 1. The van der Waals surface area contributed by atoms with E-state index in [1.54, 1.807) is 36.4 Å². The Hall–Kier alpha value is -2.94. The van der Waals surface area contributed by atoms with E-state index < -0.39 is 15.9 Å². The Morgan fingerprint density at radius 2 is 1.52 bits per heavy atom. The van der Waals surface area contributed by atoms with Gasteiger partial charge in [-0.2, -0.15) is 0 Å². The second-order valence-corrected chi connectivity index (χ2v) is 8.50. The lowest BCUT2D eigenvalue weighted by Gasteiger charge is -2.24. The maximum atomic E-state index is 12.6. The van der Waals surface area contributed by atoms with Crippen LogP contribution in [0.25, 0.3) is 0 Å².